The summed E-state index contributed by atoms with van der Waals surface area (Å²) >= 11 is 0. The molecule has 0 radical (unpaired) electrons. The molecule has 11 heteroatoms. The first kappa shape index (κ1) is 24.1. The maximum atomic E-state index is 10.8. The molecule has 1 aliphatic carbocycles. The van der Waals surface area contributed by atoms with Gasteiger partial charge in [-0.1, -0.05) is 12.8 Å². The Morgan fingerprint density at radius 3 is 2.56 bits per heavy atom. The van der Waals surface area contributed by atoms with E-state index in [1.807, 2.05) is 6.33 Å². The number of unbranched alkanes of at least 4 members (excludes halogenated alkanes) is 1. The number of ether oxygens (including phenoxy) is 1. The van der Waals surface area contributed by atoms with Gasteiger partial charge in [-0.05, 0) is 49.9 Å². The Labute approximate surface area is 210 Å². The second-order valence-electron chi connectivity index (χ2n) is 9.35. The number of carbonyl (C=O) groups excluding carboxylic acids is 1. The Kier molecular flexibility index (Phi) is 7.65. The van der Waals surface area contributed by atoms with Gasteiger partial charge in [-0.3, -0.25) is 0 Å². The molecule has 2 fully saturated rings. The Morgan fingerprint density at radius 1 is 1.06 bits per heavy atom. The number of nitrogens with two attached hydrogens (primary N) is 1. The molecule has 36 heavy (non-hydrogen) atoms. The van der Waals surface area contributed by atoms with Crippen LogP contribution >= 0.6 is 0 Å². The molecule has 3 heterocycles. The summed E-state index contributed by atoms with van der Waals surface area (Å²) in [6.07, 6.45) is 8.35. The van der Waals surface area contributed by atoms with Crippen LogP contribution in [0.1, 0.15) is 44.6 Å². The fourth-order valence-corrected chi connectivity index (χ4v) is 4.91. The number of primary amides is 1. The van der Waals surface area contributed by atoms with Gasteiger partial charge in [0.25, 0.3) is 0 Å². The number of carbonyl (C=O) groups is 1. The summed E-state index contributed by atoms with van der Waals surface area (Å²) in [5, 5.41) is 9.43. The number of urea groups is 1. The van der Waals surface area contributed by atoms with Crippen LogP contribution in [0.3, 0.4) is 0 Å². The van der Waals surface area contributed by atoms with Crippen molar-refractivity contribution in [2.75, 3.05) is 54.9 Å². The van der Waals surface area contributed by atoms with Gasteiger partial charge in [-0.2, -0.15) is 9.97 Å². The number of fused-ring (bicyclic) bond motifs is 1. The van der Waals surface area contributed by atoms with E-state index >= 15 is 0 Å². The number of hydrogen-bond donors (Lipinski definition) is 4. The monoisotopic (exact) mass is 493 g/mol. The highest BCUT2D eigenvalue weighted by Crippen LogP contribution is 2.33. The van der Waals surface area contributed by atoms with E-state index in [4.69, 9.17) is 25.4 Å². The second kappa shape index (κ2) is 11.4. The van der Waals surface area contributed by atoms with E-state index in [2.05, 4.69) is 49.7 Å². The predicted octanol–water partition coefficient (Wildman–Crippen LogP) is 3.38. The molecule has 0 bridgehead atoms. The van der Waals surface area contributed by atoms with Crippen molar-refractivity contribution in [3.63, 3.8) is 0 Å². The lowest BCUT2D eigenvalue weighted by Crippen LogP contribution is -2.36. The molecule has 0 atom stereocenters. The van der Waals surface area contributed by atoms with E-state index in [9.17, 15) is 4.79 Å². The summed E-state index contributed by atoms with van der Waals surface area (Å²) in [5.41, 5.74) is 8.89. The number of amides is 2. The molecule has 0 unspecified atom stereocenters. The molecule has 1 aliphatic heterocycles. The average molecular weight is 494 g/mol. The maximum Gasteiger partial charge on any atom is 0.312 e. The number of nitrogens with zero attached hydrogens (tertiary/aromatic N) is 5. The van der Waals surface area contributed by atoms with Crippen LogP contribution < -0.4 is 26.6 Å². The number of aromatic nitrogens is 4. The zero-order valence-electron chi connectivity index (χ0n) is 20.6. The molecule has 192 valence electrons. The SMILES string of the molecule is NC(=O)NCCCCNc1nc(Nc2ccc(N3CCOCC3)cc2)c2ncn(C3CCCC3)c2n1. The molecule has 5 rings (SSSR count). The molecule has 5 N–H and O–H groups in total. The van der Waals surface area contributed by atoms with Gasteiger partial charge in [0.15, 0.2) is 17.0 Å². The molecule has 2 aliphatic rings. The highest BCUT2D eigenvalue weighted by molar-refractivity contribution is 5.86. The Hall–Kier alpha value is -3.60. The van der Waals surface area contributed by atoms with Crippen molar-refractivity contribution in [3.8, 4) is 0 Å². The molecule has 0 spiro atoms. The number of rotatable bonds is 10. The first-order valence-corrected chi connectivity index (χ1v) is 12.9. The zero-order chi connectivity index (χ0) is 24.7. The first-order valence-electron chi connectivity index (χ1n) is 12.9. The third kappa shape index (κ3) is 5.78. The van der Waals surface area contributed by atoms with E-state index in [-0.39, 0.29) is 0 Å². The van der Waals surface area contributed by atoms with E-state index < -0.39 is 6.03 Å². The molecule has 2 amide bonds. The van der Waals surface area contributed by atoms with Crippen LogP contribution in [-0.4, -0.2) is 64.9 Å². The van der Waals surface area contributed by atoms with Crippen LogP contribution in [0.25, 0.3) is 11.2 Å². The highest BCUT2D eigenvalue weighted by Gasteiger charge is 2.22. The number of imidazole rings is 1. The summed E-state index contributed by atoms with van der Waals surface area (Å²) in [7, 11) is 0. The second-order valence-corrected chi connectivity index (χ2v) is 9.35. The molecule has 1 saturated heterocycles. The quantitative estimate of drug-likeness (QED) is 0.316. The van der Waals surface area contributed by atoms with E-state index in [0.717, 1.165) is 68.8 Å². The predicted molar refractivity (Wildman–Crippen MR) is 141 cm³/mol. The van der Waals surface area contributed by atoms with Crippen molar-refractivity contribution in [3.05, 3.63) is 30.6 Å². The normalized spacial score (nSPS) is 16.4. The summed E-state index contributed by atoms with van der Waals surface area (Å²) in [6, 6.07) is 8.34. The maximum absolute atomic E-state index is 10.8. The third-order valence-corrected chi connectivity index (χ3v) is 6.83. The number of hydrogen-bond acceptors (Lipinski definition) is 8. The van der Waals surface area contributed by atoms with Crippen molar-refractivity contribution in [1.29, 1.82) is 0 Å². The Bertz CT molecular complexity index is 1150. The molecule has 1 saturated carbocycles. The summed E-state index contributed by atoms with van der Waals surface area (Å²) < 4.78 is 7.67. The standard InChI is InChI=1S/C25H35N9O2/c26-24(35)27-11-3-4-12-28-25-31-22(21-23(32-25)34(17-29-21)20-5-1-2-6-20)30-18-7-9-19(10-8-18)33-13-15-36-16-14-33/h7-10,17,20H,1-6,11-16H2,(H3,26,27,35)(H2,28,30,31,32). The van der Waals surface area contributed by atoms with Crippen molar-refractivity contribution in [1.82, 2.24) is 24.8 Å². The molecular weight excluding hydrogens is 458 g/mol. The fraction of sp³-hybridized carbons (Fsp3) is 0.520. The van der Waals surface area contributed by atoms with Crippen molar-refractivity contribution in [2.24, 2.45) is 5.73 Å². The van der Waals surface area contributed by atoms with Gasteiger partial charge in [-0.25, -0.2) is 9.78 Å². The van der Waals surface area contributed by atoms with E-state index in [0.29, 0.717) is 30.9 Å². The van der Waals surface area contributed by atoms with Crippen molar-refractivity contribution in [2.45, 2.75) is 44.6 Å². The van der Waals surface area contributed by atoms with Gasteiger partial charge >= 0.3 is 6.03 Å². The van der Waals surface area contributed by atoms with Gasteiger partial charge < -0.3 is 35.9 Å². The van der Waals surface area contributed by atoms with Gasteiger partial charge in [0.2, 0.25) is 5.95 Å². The van der Waals surface area contributed by atoms with Crippen LogP contribution in [0.4, 0.5) is 27.9 Å². The molecular formula is C25H35N9O2. The van der Waals surface area contributed by atoms with Crippen LogP contribution in [0.5, 0.6) is 0 Å². The lowest BCUT2D eigenvalue weighted by Gasteiger charge is -2.28. The van der Waals surface area contributed by atoms with Crippen LogP contribution in [0, 0.1) is 0 Å². The summed E-state index contributed by atoms with van der Waals surface area (Å²) in [4.78, 5) is 27.5. The minimum atomic E-state index is -0.495. The summed E-state index contributed by atoms with van der Waals surface area (Å²) in [5.74, 6) is 1.26. The fourth-order valence-electron chi connectivity index (χ4n) is 4.91. The zero-order valence-corrected chi connectivity index (χ0v) is 20.6. The summed E-state index contributed by atoms with van der Waals surface area (Å²) in [6.45, 7) is 4.59. The van der Waals surface area contributed by atoms with Gasteiger partial charge in [0.1, 0.15) is 0 Å². The molecule has 3 aromatic rings. The Balaban J connectivity index is 1.33. The molecule has 1 aromatic carbocycles. The van der Waals surface area contributed by atoms with Crippen LogP contribution in [-0.2, 0) is 4.74 Å². The Morgan fingerprint density at radius 2 is 1.81 bits per heavy atom. The lowest BCUT2D eigenvalue weighted by molar-refractivity contribution is 0.122. The number of benzene rings is 1. The van der Waals surface area contributed by atoms with E-state index in [1.165, 1.54) is 18.5 Å². The van der Waals surface area contributed by atoms with Gasteiger partial charge in [0.05, 0.1) is 19.5 Å². The van der Waals surface area contributed by atoms with E-state index in [1.54, 1.807) is 0 Å². The highest BCUT2D eigenvalue weighted by atomic mass is 16.5. The minimum absolute atomic E-state index is 0.429. The van der Waals surface area contributed by atoms with Crippen molar-refractivity contribution < 1.29 is 9.53 Å². The largest absolute Gasteiger partial charge is 0.378 e. The van der Waals surface area contributed by atoms with Crippen LogP contribution in [0.15, 0.2) is 30.6 Å². The van der Waals surface area contributed by atoms with Gasteiger partial charge in [0, 0.05) is 43.6 Å². The van der Waals surface area contributed by atoms with Crippen LogP contribution in [0.2, 0.25) is 0 Å². The minimum Gasteiger partial charge on any atom is -0.378 e. The first-order chi connectivity index (χ1) is 17.7. The van der Waals surface area contributed by atoms with Gasteiger partial charge in [-0.15, -0.1) is 0 Å². The lowest BCUT2D eigenvalue weighted by atomic mass is 10.2. The molecule has 11 nitrogen and oxygen atoms in total. The van der Waals surface area contributed by atoms with Crippen molar-refractivity contribution >= 4 is 40.3 Å². The third-order valence-electron chi connectivity index (χ3n) is 6.83. The molecule has 2 aromatic heterocycles. The number of morpholine rings is 1. The smallest absolute Gasteiger partial charge is 0.312 e. The number of nitrogens with one attached hydrogen (secondary N) is 3. The average Bonchev–Trinajstić information content (AvgIpc) is 3.57. The topological polar surface area (TPSA) is 135 Å². The number of anilines is 4.